The van der Waals surface area contributed by atoms with E-state index < -0.39 is 11.7 Å². The highest BCUT2D eigenvalue weighted by Crippen LogP contribution is 2.29. The zero-order valence-corrected chi connectivity index (χ0v) is 9.37. The Balaban J connectivity index is 2.05. The summed E-state index contributed by atoms with van der Waals surface area (Å²) < 4.78 is 37.6. The monoisotopic (exact) mass is 243 g/mol. The van der Waals surface area contributed by atoms with Gasteiger partial charge in [0.1, 0.15) is 0 Å². The number of benzene rings is 1. The first-order valence-corrected chi connectivity index (χ1v) is 5.57. The van der Waals surface area contributed by atoms with Crippen LogP contribution in [0.15, 0.2) is 24.3 Å². The number of halogens is 3. The Hall–Kier alpha value is -1.07. The molecule has 0 unspecified atom stereocenters. The second-order valence-corrected chi connectivity index (χ2v) is 4.15. The van der Waals surface area contributed by atoms with Crippen LogP contribution in [0.4, 0.5) is 13.2 Å². The zero-order chi connectivity index (χ0) is 12.3. The Labute approximate surface area is 98.4 Å². The first-order chi connectivity index (χ1) is 8.05. The molecule has 0 bridgehead atoms. The van der Waals surface area contributed by atoms with Gasteiger partial charge in [-0.05, 0) is 11.6 Å². The molecule has 0 saturated carbocycles. The molecule has 1 saturated heterocycles. The van der Waals surface area contributed by atoms with E-state index in [-0.39, 0.29) is 0 Å². The average Bonchev–Trinajstić information content (AvgIpc) is 2.29. The van der Waals surface area contributed by atoms with E-state index in [1.165, 1.54) is 12.1 Å². The van der Waals surface area contributed by atoms with E-state index in [1.807, 2.05) is 0 Å². The minimum absolute atomic E-state index is 0.569. The van der Waals surface area contributed by atoms with Gasteiger partial charge in [-0.2, -0.15) is 13.2 Å². The summed E-state index contributed by atoms with van der Waals surface area (Å²) in [6.45, 7) is 3.78. The highest BCUT2D eigenvalue weighted by molar-refractivity contribution is 5.25. The molecule has 5 heteroatoms. The summed E-state index contributed by atoms with van der Waals surface area (Å²) in [5.74, 6) is 0. The van der Waals surface area contributed by atoms with Crippen molar-refractivity contribution >= 4 is 0 Å². The van der Waals surface area contributed by atoms with Crippen LogP contribution < -0.4 is 5.32 Å². The highest BCUT2D eigenvalue weighted by atomic mass is 19.4. The van der Waals surface area contributed by atoms with E-state index in [9.17, 15) is 13.2 Å². The maximum absolute atomic E-state index is 12.5. The Morgan fingerprint density at radius 2 is 1.88 bits per heavy atom. The predicted molar refractivity (Wildman–Crippen MR) is 58.6 cm³/mol. The lowest BCUT2D eigenvalue weighted by molar-refractivity contribution is -0.137. The predicted octanol–water partition coefficient (Wildman–Crippen LogP) is 2.13. The van der Waals surface area contributed by atoms with Gasteiger partial charge in [-0.15, -0.1) is 0 Å². The molecule has 0 atom stereocenters. The molecule has 0 N–H and O–H groups in total. The minimum Gasteiger partial charge on any atom is -0.296 e. The quantitative estimate of drug-likeness (QED) is 0.777. The molecule has 0 spiro atoms. The van der Waals surface area contributed by atoms with Crippen molar-refractivity contribution in [3.63, 3.8) is 0 Å². The van der Waals surface area contributed by atoms with Gasteiger partial charge < -0.3 is 0 Å². The molecule has 1 aromatic rings. The summed E-state index contributed by atoms with van der Waals surface area (Å²) in [6.07, 6.45) is -4.26. The van der Waals surface area contributed by atoms with E-state index in [1.54, 1.807) is 6.07 Å². The van der Waals surface area contributed by atoms with Crippen LogP contribution in [0.2, 0.25) is 0 Å². The van der Waals surface area contributed by atoms with Gasteiger partial charge in [-0.3, -0.25) is 4.90 Å². The molecule has 2 rings (SSSR count). The van der Waals surface area contributed by atoms with Crippen LogP contribution in [0.5, 0.6) is 0 Å². The molecule has 0 aromatic heterocycles. The highest BCUT2D eigenvalue weighted by Gasteiger charge is 2.30. The molecule has 17 heavy (non-hydrogen) atoms. The molecule has 0 amide bonds. The van der Waals surface area contributed by atoms with Crippen molar-refractivity contribution in [2.45, 2.75) is 12.7 Å². The Morgan fingerprint density at radius 1 is 1.18 bits per heavy atom. The number of alkyl halides is 3. The summed E-state index contributed by atoms with van der Waals surface area (Å²) in [5, 5.41) is 4.20. The summed E-state index contributed by atoms with van der Waals surface area (Å²) in [7, 11) is 0. The van der Waals surface area contributed by atoms with Crippen molar-refractivity contribution in [3.8, 4) is 0 Å². The van der Waals surface area contributed by atoms with Crippen LogP contribution in [0.25, 0.3) is 0 Å². The van der Waals surface area contributed by atoms with E-state index >= 15 is 0 Å². The van der Waals surface area contributed by atoms with Crippen molar-refractivity contribution < 1.29 is 13.2 Å². The zero-order valence-electron chi connectivity index (χ0n) is 9.37. The van der Waals surface area contributed by atoms with Crippen LogP contribution in [0.3, 0.4) is 0 Å². The SMILES string of the molecule is FC(F)(F)c1cccc(CN2CC[N]CC2)c1. The topological polar surface area (TPSA) is 17.3 Å². The summed E-state index contributed by atoms with van der Waals surface area (Å²) in [6, 6.07) is 5.54. The Bertz CT molecular complexity index is 370. The second-order valence-electron chi connectivity index (χ2n) is 4.15. The Kier molecular flexibility index (Phi) is 3.69. The lowest BCUT2D eigenvalue weighted by atomic mass is 10.1. The van der Waals surface area contributed by atoms with Crippen LogP contribution in [-0.2, 0) is 12.7 Å². The van der Waals surface area contributed by atoms with Crippen molar-refractivity contribution in [1.82, 2.24) is 10.2 Å². The van der Waals surface area contributed by atoms with Gasteiger partial charge in [0, 0.05) is 32.7 Å². The average molecular weight is 243 g/mol. The van der Waals surface area contributed by atoms with Crippen molar-refractivity contribution in [3.05, 3.63) is 35.4 Å². The van der Waals surface area contributed by atoms with Crippen molar-refractivity contribution in [2.75, 3.05) is 26.2 Å². The summed E-state index contributed by atoms with van der Waals surface area (Å²) >= 11 is 0. The third kappa shape index (κ3) is 3.44. The van der Waals surface area contributed by atoms with Crippen molar-refractivity contribution in [1.29, 1.82) is 0 Å². The molecule has 0 aliphatic carbocycles. The number of hydrogen-bond donors (Lipinski definition) is 0. The molecule has 2 nitrogen and oxygen atoms in total. The number of piperazine rings is 1. The first-order valence-electron chi connectivity index (χ1n) is 5.57. The third-order valence-corrected chi connectivity index (χ3v) is 2.81. The van der Waals surface area contributed by atoms with Crippen LogP contribution in [-0.4, -0.2) is 31.1 Å². The smallest absolute Gasteiger partial charge is 0.296 e. The first kappa shape index (κ1) is 12.4. The molecular weight excluding hydrogens is 229 g/mol. The lowest BCUT2D eigenvalue weighted by Gasteiger charge is -2.26. The minimum atomic E-state index is -4.26. The van der Waals surface area contributed by atoms with Crippen molar-refractivity contribution in [2.24, 2.45) is 0 Å². The molecule has 1 aliphatic rings. The van der Waals surface area contributed by atoms with Gasteiger partial charge >= 0.3 is 6.18 Å². The molecule has 1 aliphatic heterocycles. The fourth-order valence-corrected chi connectivity index (χ4v) is 1.91. The largest absolute Gasteiger partial charge is 0.416 e. The molecular formula is C12H14F3N2. The normalized spacial score (nSPS) is 18.3. The molecule has 1 radical (unpaired) electrons. The summed E-state index contributed by atoms with van der Waals surface area (Å²) in [5.41, 5.74) is 0.137. The molecule has 93 valence electrons. The van der Waals surface area contributed by atoms with Gasteiger partial charge in [-0.1, -0.05) is 18.2 Å². The maximum atomic E-state index is 12.5. The van der Waals surface area contributed by atoms with E-state index in [0.29, 0.717) is 12.1 Å². The second kappa shape index (κ2) is 5.06. The maximum Gasteiger partial charge on any atom is 0.416 e. The van der Waals surface area contributed by atoms with Gasteiger partial charge in [0.05, 0.1) is 5.56 Å². The lowest BCUT2D eigenvalue weighted by Crippen LogP contribution is -2.39. The number of rotatable bonds is 2. The molecule has 1 fully saturated rings. The van der Waals surface area contributed by atoms with Crippen LogP contribution >= 0.6 is 0 Å². The van der Waals surface area contributed by atoms with Gasteiger partial charge in [-0.25, -0.2) is 5.32 Å². The fourth-order valence-electron chi connectivity index (χ4n) is 1.91. The number of nitrogens with zero attached hydrogens (tertiary/aromatic N) is 2. The number of hydrogen-bond acceptors (Lipinski definition) is 1. The molecule has 1 heterocycles. The standard InChI is InChI=1S/C12H14F3N2/c13-12(14,15)11-3-1-2-10(8-11)9-17-6-4-16-5-7-17/h1-3,8H,4-7,9H2. The summed E-state index contributed by atoms with van der Waals surface area (Å²) in [4.78, 5) is 2.13. The van der Waals surface area contributed by atoms with Crippen LogP contribution in [0.1, 0.15) is 11.1 Å². The van der Waals surface area contributed by atoms with Crippen LogP contribution in [0, 0.1) is 0 Å². The van der Waals surface area contributed by atoms with E-state index in [2.05, 4.69) is 10.2 Å². The van der Waals surface area contributed by atoms with E-state index in [0.717, 1.165) is 32.2 Å². The van der Waals surface area contributed by atoms with Gasteiger partial charge in [0.15, 0.2) is 0 Å². The molecule has 1 aromatic carbocycles. The Morgan fingerprint density at radius 3 is 2.53 bits per heavy atom. The fraction of sp³-hybridized carbons (Fsp3) is 0.500. The third-order valence-electron chi connectivity index (χ3n) is 2.81. The van der Waals surface area contributed by atoms with Gasteiger partial charge in [0.2, 0.25) is 0 Å². The van der Waals surface area contributed by atoms with Gasteiger partial charge in [0.25, 0.3) is 0 Å². The van der Waals surface area contributed by atoms with E-state index in [4.69, 9.17) is 0 Å².